The quantitative estimate of drug-likeness (QED) is 0.723. The van der Waals surface area contributed by atoms with Gasteiger partial charge >= 0.3 is 0 Å². The summed E-state index contributed by atoms with van der Waals surface area (Å²) in [7, 11) is 0. The molecule has 1 heterocycles. The molecular formula is C17H16FN. The molecule has 1 aliphatic heterocycles. The predicted molar refractivity (Wildman–Crippen MR) is 77.8 cm³/mol. The van der Waals surface area contributed by atoms with Gasteiger partial charge in [0.1, 0.15) is 5.82 Å². The maximum absolute atomic E-state index is 13.7. The third kappa shape index (κ3) is 2.53. The summed E-state index contributed by atoms with van der Waals surface area (Å²) in [6, 6.07) is 15.0. The summed E-state index contributed by atoms with van der Waals surface area (Å²) in [5.41, 5.74) is 2.78. The Morgan fingerprint density at radius 3 is 2.37 bits per heavy atom. The van der Waals surface area contributed by atoms with Crippen molar-refractivity contribution in [3.8, 4) is 11.1 Å². The second kappa shape index (κ2) is 5.27. The average molecular weight is 253 g/mol. The van der Waals surface area contributed by atoms with Crippen LogP contribution in [0.1, 0.15) is 6.42 Å². The summed E-state index contributed by atoms with van der Waals surface area (Å²) in [5.74, 6) is -0.170. The molecule has 0 aromatic heterocycles. The molecule has 2 aromatic carbocycles. The van der Waals surface area contributed by atoms with Crippen molar-refractivity contribution in [1.82, 2.24) is 0 Å². The number of nitrogens with zero attached hydrogens (tertiary/aromatic N) is 1. The molecule has 0 unspecified atom stereocenters. The SMILES string of the molecule is Fc1ccccc1-c1ccc(N2CC=CCC2)cc1. The van der Waals surface area contributed by atoms with E-state index in [0.29, 0.717) is 5.56 Å². The minimum atomic E-state index is -0.170. The van der Waals surface area contributed by atoms with E-state index in [1.165, 1.54) is 11.8 Å². The summed E-state index contributed by atoms with van der Waals surface area (Å²) in [6.07, 6.45) is 5.49. The van der Waals surface area contributed by atoms with Gasteiger partial charge in [-0.25, -0.2) is 4.39 Å². The van der Waals surface area contributed by atoms with Crippen LogP contribution >= 0.6 is 0 Å². The summed E-state index contributed by atoms with van der Waals surface area (Å²) >= 11 is 0. The molecule has 0 aliphatic carbocycles. The lowest BCUT2D eigenvalue weighted by Crippen LogP contribution is -2.26. The highest BCUT2D eigenvalue weighted by molar-refractivity contribution is 5.67. The smallest absolute Gasteiger partial charge is 0.131 e. The van der Waals surface area contributed by atoms with Gasteiger partial charge in [-0.1, -0.05) is 42.5 Å². The van der Waals surface area contributed by atoms with Gasteiger partial charge in [-0.05, 0) is 30.2 Å². The summed E-state index contributed by atoms with van der Waals surface area (Å²) in [5, 5.41) is 0. The first kappa shape index (κ1) is 12.0. The molecular weight excluding hydrogens is 237 g/mol. The first-order valence-corrected chi connectivity index (χ1v) is 6.59. The molecule has 0 bridgehead atoms. The Balaban J connectivity index is 1.87. The molecule has 3 rings (SSSR count). The van der Waals surface area contributed by atoms with Gasteiger partial charge in [0.15, 0.2) is 0 Å². The third-order valence-electron chi connectivity index (χ3n) is 3.48. The third-order valence-corrected chi connectivity index (χ3v) is 3.48. The summed E-state index contributed by atoms with van der Waals surface area (Å²) in [4.78, 5) is 2.32. The Morgan fingerprint density at radius 2 is 1.68 bits per heavy atom. The Morgan fingerprint density at radius 1 is 0.895 bits per heavy atom. The standard InChI is InChI=1S/C17H16FN/c18-17-7-3-2-6-16(17)14-8-10-15(11-9-14)19-12-4-1-5-13-19/h1-4,6-11H,5,12-13H2. The molecule has 1 aliphatic rings. The highest BCUT2D eigenvalue weighted by atomic mass is 19.1. The fourth-order valence-corrected chi connectivity index (χ4v) is 2.42. The van der Waals surface area contributed by atoms with E-state index in [0.717, 1.165) is 25.1 Å². The van der Waals surface area contributed by atoms with Crippen molar-refractivity contribution in [3.05, 3.63) is 66.5 Å². The molecule has 2 aromatic rings. The average Bonchev–Trinajstić information content (AvgIpc) is 2.49. The maximum atomic E-state index is 13.7. The van der Waals surface area contributed by atoms with Crippen LogP contribution in [-0.2, 0) is 0 Å². The molecule has 19 heavy (non-hydrogen) atoms. The van der Waals surface area contributed by atoms with Gasteiger partial charge in [-0.15, -0.1) is 0 Å². The first-order chi connectivity index (χ1) is 9.34. The van der Waals surface area contributed by atoms with Crippen molar-refractivity contribution in [1.29, 1.82) is 0 Å². The van der Waals surface area contributed by atoms with Crippen molar-refractivity contribution in [2.24, 2.45) is 0 Å². The summed E-state index contributed by atoms with van der Waals surface area (Å²) < 4.78 is 13.7. The van der Waals surface area contributed by atoms with Crippen LogP contribution in [0.15, 0.2) is 60.7 Å². The second-order valence-corrected chi connectivity index (χ2v) is 4.73. The minimum Gasteiger partial charge on any atom is -0.368 e. The van der Waals surface area contributed by atoms with Crippen LogP contribution in [0.5, 0.6) is 0 Å². The van der Waals surface area contributed by atoms with Crippen LogP contribution in [0.4, 0.5) is 10.1 Å². The van der Waals surface area contributed by atoms with Gasteiger partial charge in [0.25, 0.3) is 0 Å². The van der Waals surface area contributed by atoms with Crippen molar-refractivity contribution in [2.75, 3.05) is 18.0 Å². The zero-order valence-corrected chi connectivity index (χ0v) is 10.7. The van der Waals surface area contributed by atoms with Crippen LogP contribution in [-0.4, -0.2) is 13.1 Å². The zero-order chi connectivity index (χ0) is 13.1. The van der Waals surface area contributed by atoms with E-state index in [4.69, 9.17) is 0 Å². The Bertz CT molecular complexity index is 586. The maximum Gasteiger partial charge on any atom is 0.131 e. The molecule has 0 saturated carbocycles. The Hall–Kier alpha value is -2.09. The lowest BCUT2D eigenvalue weighted by Gasteiger charge is -2.25. The minimum absolute atomic E-state index is 0.170. The van der Waals surface area contributed by atoms with Gasteiger partial charge in [-0.2, -0.15) is 0 Å². The number of hydrogen-bond acceptors (Lipinski definition) is 1. The molecule has 96 valence electrons. The number of halogens is 1. The van der Waals surface area contributed by atoms with Crippen molar-refractivity contribution in [2.45, 2.75) is 6.42 Å². The first-order valence-electron chi connectivity index (χ1n) is 6.59. The van der Waals surface area contributed by atoms with Gasteiger partial charge < -0.3 is 4.90 Å². The Labute approximate surface area is 113 Å². The molecule has 0 spiro atoms. The molecule has 0 amide bonds. The Kier molecular flexibility index (Phi) is 3.32. The number of benzene rings is 2. The van der Waals surface area contributed by atoms with Gasteiger partial charge in [0, 0.05) is 24.3 Å². The number of anilines is 1. The van der Waals surface area contributed by atoms with Crippen LogP contribution in [0.3, 0.4) is 0 Å². The summed E-state index contributed by atoms with van der Waals surface area (Å²) in [6.45, 7) is 2.01. The van der Waals surface area contributed by atoms with E-state index >= 15 is 0 Å². The molecule has 2 heteroatoms. The number of rotatable bonds is 2. The van der Waals surface area contributed by atoms with Crippen LogP contribution in [0, 0.1) is 5.82 Å². The van der Waals surface area contributed by atoms with Crippen LogP contribution in [0.25, 0.3) is 11.1 Å². The largest absolute Gasteiger partial charge is 0.368 e. The van der Waals surface area contributed by atoms with Crippen LogP contribution < -0.4 is 4.90 Å². The molecule has 0 saturated heterocycles. The normalized spacial score (nSPS) is 14.7. The van der Waals surface area contributed by atoms with E-state index in [-0.39, 0.29) is 5.82 Å². The fourth-order valence-electron chi connectivity index (χ4n) is 2.42. The highest BCUT2D eigenvalue weighted by Crippen LogP contribution is 2.25. The molecule has 0 atom stereocenters. The van der Waals surface area contributed by atoms with Gasteiger partial charge in [0.2, 0.25) is 0 Å². The van der Waals surface area contributed by atoms with E-state index in [2.05, 4.69) is 29.2 Å². The fraction of sp³-hybridized carbons (Fsp3) is 0.176. The molecule has 0 N–H and O–H groups in total. The lowest BCUT2D eigenvalue weighted by molar-refractivity contribution is 0.631. The van der Waals surface area contributed by atoms with E-state index in [1.807, 2.05) is 24.3 Å². The predicted octanol–water partition coefficient (Wildman–Crippen LogP) is 4.26. The molecule has 0 radical (unpaired) electrons. The van der Waals surface area contributed by atoms with Crippen molar-refractivity contribution < 1.29 is 4.39 Å². The zero-order valence-electron chi connectivity index (χ0n) is 10.7. The lowest BCUT2D eigenvalue weighted by atomic mass is 10.0. The number of hydrogen-bond donors (Lipinski definition) is 0. The van der Waals surface area contributed by atoms with E-state index in [1.54, 1.807) is 6.07 Å². The van der Waals surface area contributed by atoms with E-state index in [9.17, 15) is 4.39 Å². The van der Waals surface area contributed by atoms with Crippen molar-refractivity contribution in [3.63, 3.8) is 0 Å². The highest BCUT2D eigenvalue weighted by Gasteiger charge is 2.08. The van der Waals surface area contributed by atoms with E-state index < -0.39 is 0 Å². The monoisotopic (exact) mass is 253 g/mol. The van der Waals surface area contributed by atoms with Crippen LogP contribution in [0.2, 0.25) is 0 Å². The topological polar surface area (TPSA) is 3.24 Å². The second-order valence-electron chi connectivity index (χ2n) is 4.73. The molecule has 1 nitrogen and oxygen atoms in total. The van der Waals surface area contributed by atoms with Gasteiger partial charge in [-0.3, -0.25) is 0 Å². The van der Waals surface area contributed by atoms with Crippen molar-refractivity contribution >= 4 is 5.69 Å². The molecule has 0 fully saturated rings. The van der Waals surface area contributed by atoms with Gasteiger partial charge in [0.05, 0.1) is 0 Å².